The summed E-state index contributed by atoms with van der Waals surface area (Å²) in [6.45, 7) is 0. The maximum atomic E-state index is 11.3. The standard InChI is InChI=1S/C14H20O5S/c1-17-11-7-9-12(10-8-11)18-13-5-3-4-6-14(13)19-20(2,15)16/h7-10,13-14H,3-6H2,1-2H3/t13-,14+/m0/s1. The third-order valence-corrected chi connectivity index (χ3v) is 3.88. The zero-order valence-corrected chi connectivity index (χ0v) is 12.6. The largest absolute Gasteiger partial charge is 0.497 e. The number of methoxy groups -OCH3 is 1. The van der Waals surface area contributed by atoms with E-state index in [1.165, 1.54) is 0 Å². The average molecular weight is 300 g/mol. The zero-order valence-electron chi connectivity index (χ0n) is 11.7. The molecule has 1 saturated carbocycles. The van der Waals surface area contributed by atoms with Gasteiger partial charge in [0.15, 0.2) is 0 Å². The van der Waals surface area contributed by atoms with Crippen LogP contribution in [0.5, 0.6) is 11.5 Å². The maximum absolute atomic E-state index is 11.3. The molecule has 0 N–H and O–H groups in total. The van der Waals surface area contributed by atoms with Gasteiger partial charge in [-0.1, -0.05) is 6.42 Å². The van der Waals surface area contributed by atoms with Crippen LogP contribution in [-0.2, 0) is 14.3 Å². The lowest BCUT2D eigenvalue weighted by molar-refractivity contribution is 0.0277. The van der Waals surface area contributed by atoms with E-state index in [1.54, 1.807) is 7.11 Å². The van der Waals surface area contributed by atoms with Crippen molar-refractivity contribution in [3.05, 3.63) is 24.3 Å². The van der Waals surface area contributed by atoms with Crippen LogP contribution in [0.2, 0.25) is 0 Å². The molecule has 1 aromatic rings. The smallest absolute Gasteiger partial charge is 0.264 e. The van der Waals surface area contributed by atoms with Gasteiger partial charge in [-0.05, 0) is 43.5 Å². The molecule has 1 aliphatic carbocycles. The molecule has 0 aromatic heterocycles. The Bertz CT molecular complexity index is 523. The Morgan fingerprint density at radius 1 is 1.00 bits per heavy atom. The lowest BCUT2D eigenvalue weighted by Gasteiger charge is -2.30. The summed E-state index contributed by atoms with van der Waals surface area (Å²) in [6.07, 6.45) is 3.92. The molecule has 5 nitrogen and oxygen atoms in total. The van der Waals surface area contributed by atoms with Crippen LogP contribution in [0.25, 0.3) is 0 Å². The minimum atomic E-state index is -3.46. The molecule has 2 atom stereocenters. The highest BCUT2D eigenvalue weighted by Gasteiger charge is 2.30. The van der Waals surface area contributed by atoms with Crippen LogP contribution < -0.4 is 9.47 Å². The van der Waals surface area contributed by atoms with Crippen molar-refractivity contribution < 1.29 is 22.1 Å². The van der Waals surface area contributed by atoms with E-state index in [0.717, 1.165) is 31.3 Å². The minimum absolute atomic E-state index is 0.230. The highest BCUT2D eigenvalue weighted by molar-refractivity contribution is 7.86. The SMILES string of the molecule is COc1ccc(O[C@H]2CCCC[C@H]2OS(C)(=O)=O)cc1. The van der Waals surface area contributed by atoms with Crippen LogP contribution in [0.4, 0.5) is 0 Å². The summed E-state index contributed by atoms with van der Waals surface area (Å²) in [6, 6.07) is 7.24. The van der Waals surface area contributed by atoms with Crippen molar-refractivity contribution in [2.45, 2.75) is 37.9 Å². The van der Waals surface area contributed by atoms with E-state index in [1.807, 2.05) is 24.3 Å². The van der Waals surface area contributed by atoms with Crippen LogP contribution in [0.15, 0.2) is 24.3 Å². The number of hydrogen-bond donors (Lipinski definition) is 0. The molecule has 1 aliphatic rings. The molecule has 0 heterocycles. The Kier molecular flexibility index (Phi) is 4.88. The summed E-state index contributed by atoms with van der Waals surface area (Å²) < 4.78 is 38.7. The summed E-state index contributed by atoms with van der Waals surface area (Å²) in [5.41, 5.74) is 0. The molecule has 112 valence electrons. The van der Waals surface area contributed by atoms with Crippen molar-refractivity contribution in [2.24, 2.45) is 0 Å². The Morgan fingerprint density at radius 3 is 2.10 bits per heavy atom. The summed E-state index contributed by atoms with van der Waals surface area (Å²) in [5, 5.41) is 0. The van der Waals surface area contributed by atoms with Crippen molar-refractivity contribution in [3.63, 3.8) is 0 Å². The second-order valence-corrected chi connectivity index (χ2v) is 6.56. The van der Waals surface area contributed by atoms with Crippen molar-refractivity contribution in [1.82, 2.24) is 0 Å². The van der Waals surface area contributed by atoms with Crippen LogP contribution in [0.3, 0.4) is 0 Å². The topological polar surface area (TPSA) is 61.8 Å². The van der Waals surface area contributed by atoms with Gasteiger partial charge in [-0.2, -0.15) is 8.42 Å². The molecule has 20 heavy (non-hydrogen) atoms. The van der Waals surface area contributed by atoms with Gasteiger partial charge >= 0.3 is 0 Å². The fourth-order valence-electron chi connectivity index (χ4n) is 2.36. The third kappa shape index (κ3) is 4.38. The zero-order chi connectivity index (χ0) is 14.6. The van der Waals surface area contributed by atoms with Gasteiger partial charge in [0.05, 0.1) is 13.4 Å². The fourth-order valence-corrected chi connectivity index (χ4v) is 3.03. The first kappa shape index (κ1) is 15.1. The van der Waals surface area contributed by atoms with Gasteiger partial charge in [-0.15, -0.1) is 0 Å². The van der Waals surface area contributed by atoms with Gasteiger partial charge in [-0.25, -0.2) is 0 Å². The van der Waals surface area contributed by atoms with E-state index in [2.05, 4.69) is 0 Å². The Balaban J connectivity index is 2.04. The number of ether oxygens (including phenoxy) is 2. The number of hydrogen-bond acceptors (Lipinski definition) is 5. The molecule has 0 unspecified atom stereocenters. The van der Waals surface area contributed by atoms with E-state index >= 15 is 0 Å². The molecule has 0 saturated heterocycles. The third-order valence-electron chi connectivity index (χ3n) is 3.29. The van der Waals surface area contributed by atoms with Crippen molar-refractivity contribution in [1.29, 1.82) is 0 Å². The monoisotopic (exact) mass is 300 g/mol. The van der Waals surface area contributed by atoms with E-state index in [4.69, 9.17) is 13.7 Å². The predicted octanol–water partition coefficient (Wildman–Crippen LogP) is 2.36. The average Bonchev–Trinajstić information content (AvgIpc) is 2.40. The number of rotatable bonds is 5. The highest BCUT2D eigenvalue weighted by atomic mass is 32.2. The molecular formula is C14H20O5S. The maximum Gasteiger partial charge on any atom is 0.264 e. The first-order valence-corrected chi connectivity index (χ1v) is 8.48. The molecule has 1 aromatic carbocycles. The van der Waals surface area contributed by atoms with Crippen LogP contribution in [0, 0.1) is 0 Å². The van der Waals surface area contributed by atoms with Crippen LogP contribution in [0.1, 0.15) is 25.7 Å². The summed E-state index contributed by atoms with van der Waals surface area (Å²) >= 11 is 0. The highest BCUT2D eigenvalue weighted by Crippen LogP contribution is 2.27. The Labute approximate surface area is 120 Å². The quantitative estimate of drug-likeness (QED) is 0.781. The summed E-state index contributed by atoms with van der Waals surface area (Å²) in [5.74, 6) is 1.45. The first-order chi connectivity index (χ1) is 9.48. The lowest BCUT2D eigenvalue weighted by Crippen LogP contribution is -2.38. The summed E-state index contributed by atoms with van der Waals surface area (Å²) in [7, 11) is -1.86. The van der Waals surface area contributed by atoms with E-state index < -0.39 is 16.2 Å². The normalized spacial score (nSPS) is 23.3. The number of benzene rings is 1. The van der Waals surface area contributed by atoms with E-state index in [0.29, 0.717) is 12.2 Å². The summed E-state index contributed by atoms with van der Waals surface area (Å²) in [4.78, 5) is 0. The fraction of sp³-hybridized carbons (Fsp3) is 0.571. The van der Waals surface area contributed by atoms with E-state index in [-0.39, 0.29) is 6.10 Å². The Hall–Kier alpha value is -1.27. The van der Waals surface area contributed by atoms with E-state index in [9.17, 15) is 8.42 Å². The van der Waals surface area contributed by atoms with Crippen molar-refractivity contribution in [2.75, 3.05) is 13.4 Å². The van der Waals surface area contributed by atoms with Gasteiger partial charge in [-0.3, -0.25) is 4.18 Å². The molecule has 6 heteroatoms. The van der Waals surface area contributed by atoms with Gasteiger partial charge < -0.3 is 9.47 Å². The molecule has 1 fully saturated rings. The lowest BCUT2D eigenvalue weighted by atomic mass is 9.95. The van der Waals surface area contributed by atoms with Crippen molar-refractivity contribution >= 4 is 10.1 Å². The Morgan fingerprint density at radius 2 is 1.55 bits per heavy atom. The molecule has 0 radical (unpaired) electrons. The molecule has 0 spiro atoms. The molecule has 2 rings (SSSR count). The molecular weight excluding hydrogens is 280 g/mol. The molecule has 0 aliphatic heterocycles. The van der Waals surface area contributed by atoms with Crippen LogP contribution in [-0.4, -0.2) is 34.0 Å². The molecule has 0 amide bonds. The molecule has 0 bridgehead atoms. The first-order valence-electron chi connectivity index (χ1n) is 6.67. The van der Waals surface area contributed by atoms with Gasteiger partial charge in [0.25, 0.3) is 10.1 Å². The van der Waals surface area contributed by atoms with Crippen molar-refractivity contribution in [3.8, 4) is 11.5 Å². The van der Waals surface area contributed by atoms with Gasteiger partial charge in [0.2, 0.25) is 0 Å². The predicted molar refractivity (Wildman–Crippen MR) is 75.6 cm³/mol. The minimum Gasteiger partial charge on any atom is -0.497 e. The second-order valence-electron chi connectivity index (χ2n) is 4.96. The van der Waals surface area contributed by atoms with Gasteiger partial charge in [0.1, 0.15) is 23.7 Å². The van der Waals surface area contributed by atoms with Crippen LogP contribution >= 0.6 is 0 Å². The second kappa shape index (κ2) is 6.45. The van der Waals surface area contributed by atoms with Gasteiger partial charge in [0, 0.05) is 0 Å².